The Morgan fingerprint density at radius 3 is 2.48 bits per heavy atom. The number of hydrogen-bond donors (Lipinski definition) is 0. The number of pyridine rings is 2. The summed E-state index contributed by atoms with van der Waals surface area (Å²) in [5.41, 5.74) is 4.55. The van der Waals surface area contributed by atoms with Crippen molar-refractivity contribution in [2.75, 3.05) is 19.8 Å². The van der Waals surface area contributed by atoms with Gasteiger partial charge in [0.1, 0.15) is 6.29 Å². The predicted molar refractivity (Wildman–Crippen MR) is 132 cm³/mol. The molecule has 0 radical (unpaired) electrons. The molecule has 0 N–H and O–H groups in total. The quantitative estimate of drug-likeness (QED) is 0.194. The lowest BCUT2D eigenvalue weighted by Gasteiger charge is -2.08. The minimum atomic E-state index is 0.630. The van der Waals surface area contributed by atoms with E-state index in [1.165, 1.54) is 21.8 Å². The van der Waals surface area contributed by atoms with Crippen molar-refractivity contribution in [1.82, 2.24) is 14.5 Å². The third-order valence-electron chi connectivity index (χ3n) is 5.92. The summed E-state index contributed by atoms with van der Waals surface area (Å²) in [6.45, 7) is 2.14. The smallest absolute Gasteiger partial charge is 0.213 e. The van der Waals surface area contributed by atoms with Gasteiger partial charge < -0.3 is 18.8 Å². The zero-order chi connectivity index (χ0) is 22.9. The fourth-order valence-electron chi connectivity index (χ4n) is 4.06. The third kappa shape index (κ3) is 5.76. The van der Waals surface area contributed by atoms with Crippen LogP contribution in [0.25, 0.3) is 32.9 Å². The molecule has 0 amide bonds. The van der Waals surface area contributed by atoms with Gasteiger partial charge in [0.25, 0.3) is 0 Å². The van der Waals surface area contributed by atoms with Gasteiger partial charge in [0, 0.05) is 73.2 Å². The monoisotopic (exact) mass is 445 g/mol. The van der Waals surface area contributed by atoms with Gasteiger partial charge in [-0.25, -0.2) is 4.98 Å². The molecule has 4 aromatic rings. The molecule has 0 aliphatic heterocycles. The highest BCUT2D eigenvalue weighted by molar-refractivity contribution is 6.08. The van der Waals surface area contributed by atoms with E-state index in [4.69, 9.17) is 9.47 Å². The average Bonchev–Trinajstić information content (AvgIpc) is 3.14. The molecule has 33 heavy (non-hydrogen) atoms. The summed E-state index contributed by atoms with van der Waals surface area (Å²) in [4.78, 5) is 19.0. The number of hydrogen-bond acceptors (Lipinski definition) is 5. The molecule has 6 nitrogen and oxygen atoms in total. The van der Waals surface area contributed by atoms with E-state index in [-0.39, 0.29) is 0 Å². The van der Waals surface area contributed by atoms with E-state index in [1.54, 1.807) is 0 Å². The fourth-order valence-corrected chi connectivity index (χ4v) is 4.06. The molecule has 0 bridgehead atoms. The number of nitrogens with zero attached hydrogens (tertiary/aromatic N) is 3. The molecular formula is C27H31N3O3. The van der Waals surface area contributed by atoms with Gasteiger partial charge in [0.15, 0.2) is 0 Å². The second-order valence-electron chi connectivity index (χ2n) is 8.25. The van der Waals surface area contributed by atoms with Gasteiger partial charge in [0.2, 0.25) is 5.88 Å². The van der Waals surface area contributed by atoms with Crippen molar-refractivity contribution in [1.29, 1.82) is 0 Å². The van der Waals surface area contributed by atoms with Gasteiger partial charge in [-0.15, -0.1) is 0 Å². The predicted octanol–water partition coefficient (Wildman–Crippen LogP) is 5.72. The van der Waals surface area contributed by atoms with Gasteiger partial charge in [-0.1, -0.05) is 18.6 Å². The fraction of sp³-hybridized carbons (Fsp3) is 0.370. The molecule has 0 aliphatic carbocycles. The molecule has 4 rings (SSSR count). The van der Waals surface area contributed by atoms with Crippen LogP contribution in [-0.2, 0) is 16.6 Å². The number of aromatic nitrogens is 3. The van der Waals surface area contributed by atoms with Crippen LogP contribution >= 0.6 is 0 Å². The first-order valence-electron chi connectivity index (χ1n) is 11.7. The Balaban J connectivity index is 1.24. The molecule has 3 heterocycles. The highest BCUT2D eigenvalue weighted by Gasteiger charge is 2.09. The van der Waals surface area contributed by atoms with Crippen LogP contribution in [0.5, 0.6) is 5.88 Å². The second kappa shape index (κ2) is 11.6. The second-order valence-corrected chi connectivity index (χ2v) is 8.25. The van der Waals surface area contributed by atoms with Crippen LogP contribution < -0.4 is 4.74 Å². The number of carbonyl (C=O) groups excluding carboxylic acids is 1. The summed E-state index contributed by atoms with van der Waals surface area (Å²) in [5, 5.41) is 2.38. The molecule has 0 atom stereocenters. The number of benzene rings is 1. The van der Waals surface area contributed by atoms with Crippen molar-refractivity contribution in [3.05, 3.63) is 55.0 Å². The minimum Gasteiger partial charge on any atom is -0.478 e. The number of rotatable bonds is 13. The van der Waals surface area contributed by atoms with E-state index in [9.17, 15) is 4.79 Å². The molecule has 0 saturated heterocycles. The van der Waals surface area contributed by atoms with Crippen LogP contribution in [-0.4, -0.2) is 40.6 Å². The molecule has 0 aliphatic rings. The number of carbonyl (C=O) groups is 1. The molecule has 1 aromatic carbocycles. The standard InChI is InChI=1S/C27H31N3O3/c1-30-25-12-13-28-20-24(25)23-10-8-21(18-26(23)30)22-9-11-27(29-19-22)33-17-7-6-16-32-15-5-3-2-4-14-31/h8-14,18-20H,2-7,15-17H2,1H3. The molecule has 6 heteroatoms. The highest BCUT2D eigenvalue weighted by atomic mass is 16.5. The first-order valence-corrected chi connectivity index (χ1v) is 11.7. The summed E-state index contributed by atoms with van der Waals surface area (Å²) >= 11 is 0. The zero-order valence-electron chi connectivity index (χ0n) is 19.2. The summed E-state index contributed by atoms with van der Waals surface area (Å²) in [5.74, 6) is 0.645. The number of aldehydes is 1. The van der Waals surface area contributed by atoms with Crippen LogP contribution in [0, 0.1) is 0 Å². The average molecular weight is 446 g/mol. The van der Waals surface area contributed by atoms with Crippen LogP contribution in [0.4, 0.5) is 0 Å². The number of fused-ring (bicyclic) bond motifs is 3. The molecule has 0 unspecified atom stereocenters. The molecule has 0 spiro atoms. The summed E-state index contributed by atoms with van der Waals surface area (Å²) < 4.78 is 13.6. The number of aryl methyl sites for hydroxylation is 1. The van der Waals surface area contributed by atoms with Crippen LogP contribution in [0.2, 0.25) is 0 Å². The van der Waals surface area contributed by atoms with Gasteiger partial charge >= 0.3 is 0 Å². The maximum absolute atomic E-state index is 10.3. The van der Waals surface area contributed by atoms with Crippen LogP contribution in [0.3, 0.4) is 0 Å². The molecule has 0 fully saturated rings. The Morgan fingerprint density at radius 2 is 1.67 bits per heavy atom. The lowest BCUT2D eigenvalue weighted by Crippen LogP contribution is -2.02. The van der Waals surface area contributed by atoms with Gasteiger partial charge in [-0.05, 0) is 49.4 Å². The maximum atomic E-state index is 10.3. The Bertz CT molecular complexity index is 1180. The Kier molecular flexibility index (Phi) is 8.04. The summed E-state index contributed by atoms with van der Waals surface area (Å²) in [7, 11) is 2.09. The SMILES string of the molecule is Cn1c2ccncc2c2ccc(-c3ccc(OCCCCOCCCCCC=O)nc3)cc21. The molecule has 0 saturated carbocycles. The first-order chi connectivity index (χ1) is 16.3. The number of ether oxygens (including phenoxy) is 2. The van der Waals surface area contributed by atoms with E-state index >= 15 is 0 Å². The van der Waals surface area contributed by atoms with Crippen molar-refractivity contribution < 1.29 is 14.3 Å². The van der Waals surface area contributed by atoms with Crippen LogP contribution in [0.15, 0.2) is 55.0 Å². The maximum Gasteiger partial charge on any atom is 0.213 e. The first kappa shape index (κ1) is 22.9. The van der Waals surface area contributed by atoms with E-state index in [2.05, 4.69) is 45.8 Å². The largest absolute Gasteiger partial charge is 0.478 e. The Labute approximate surface area is 194 Å². The zero-order valence-corrected chi connectivity index (χ0v) is 19.2. The van der Waals surface area contributed by atoms with E-state index < -0.39 is 0 Å². The Hall–Kier alpha value is -3.25. The van der Waals surface area contributed by atoms with Crippen LogP contribution in [0.1, 0.15) is 38.5 Å². The van der Waals surface area contributed by atoms with Crippen molar-refractivity contribution >= 4 is 28.1 Å². The van der Waals surface area contributed by atoms with Crippen molar-refractivity contribution in [2.24, 2.45) is 7.05 Å². The normalized spacial score (nSPS) is 11.3. The van der Waals surface area contributed by atoms with Crippen molar-refractivity contribution in [2.45, 2.75) is 38.5 Å². The van der Waals surface area contributed by atoms with Crippen molar-refractivity contribution in [3.63, 3.8) is 0 Å². The lowest BCUT2D eigenvalue weighted by atomic mass is 10.1. The lowest BCUT2D eigenvalue weighted by molar-refractivity contribution is -0.107. The van der Waals surface area contributed by atoms with E-state index in [1.807, 2.05) is 30.7 Å². The Morgan fingerprint density at radius 1 is 0.848 bits per heavy atom. The van der Waals surface area contributed by atoms with E-state index in [0.717, 1.165) is 62.7 Å². The van der Waals surface area contributed by atoms with Gasteiger partial charge in [-0.3, -0.25) is 4.98 Å². The minimum absolute atomic E-state index is 0.630. The highest BCUT2D eigenvalue weighted by Crippen LogP contribution is 2.31. The summed E-state index contributed by atoms with van der Waals surface area (Å²) in [6.07, 6.45) is 12.2. The van der Waals surface area contributed by atoms with Gasteiger partial charge in [0.05, 0.1) is 12.1 Å². The van der Waals surface area contributed by atoms with Gasteiger partial charge in [-0.2, -0.15) is 0 Å². The summed E-state index contributed by atoms with van der Waals surface area (Å²) in [6, 6.07) is 12.5. The third-order valence-corrected chi connectivity index (χ3v) is 5.92. The number of unbranched alkanes of at least 4 members (excludes halogenated alkanes) is 4. The molecular weight excluding hydrogens is 414 g/mol. The van der Waals surface area contributed by atoms with Crippen molar-refractivity contribution in [3.8, 4) is 17.0 Å². The molecule has 172 valence electrons. The molecule has 3 aromatic heterocycles. The topological polar surface area (TPSA) is 66.2 Å². The van der Waals surface area contributed by atoms with E-state index in [0.29, 0.717) is 18.9 Å².